The molecule has 0 aliphatic carbocycles. The summed E-state index contributed by atoms with van der Waals surface area (Å²) in [5.41, 5.74) is 8.98. The first-order valence-corrected chi connectivity index (χ1v) is 26.3. The molecule has 5 aromatic heterocycles. The number of hydrogen-bond acceptors (Lipinski definition) is 9. The summed E-state index contributed by atoms with van der Waals surface area (Å²) in [5, 5.41) is 15.4. The van der Waals surface area contributed by atoms with E-state index in [1.807, 2.05) is 112 Å². The van der Waals surface area contributed by atoms with E-state index in [1.54, 1.807) is 31.5 Å². The van der Waals surface area contributed by atoms with Crippen molar-refractivity contribution >= 4 is 45.4 Å². The number of carbonyl (C=O) groups is 4. The molecule has 398 valence electrons. The summed E-state index contributed by atoms with van der Waals surface area (Å²) in [6.45, 7) is 25.8. The standard InChI is InChI=1S/C32H44N6O3.C27H37N3O3/c1-21(2)17-37(18-22(3)4)31(39)29(16-27-13-23(5)33-35(27)7)32(40)38(20-28-14-24(6)34-36(28)8)19-25-9-10-30-26(15-25)11-12-41-30;1-18(2)16-30(17-19(3)4)27(32)24(15-23-13-20(5)28-29(23)6)25(31)9-7-21-8-10-26-22(14-21)11-12-33-26/h9-15,21-22,29H,16-20H2,1-8H3;8,10-14,18-19,24H,7,9,15-17H2,1-6H3. The molecule has 0 fully saturated rings. The van der Waals surface area contributed by atoms with E-state index in [-0.39, 0.29) is 41.8 Å². The fraction of sp³-hybridized carbons (Fsp3) is 0.508. The molecular weight excluding hydrogens is 931 g/mol. The first kappa shape index (κ1) is 56.5. The van der Waals surface area contributed by atoms with Gasteiger partial charge in [0.05, 0.1) is 41.8 Å². The lowest BCUT2D eigenvalue weighted by Gasteiger charge is -2.33. The molecular formula is C59H81N9O6. The van der Waals surface area contributed by atoms with Crippen molar-refractivity contribution in [2.24, 2.45) is 56.7 Å². The number of Topliss-reactive ketones (excluding diaryl/α,β-unsaturated/α-hetero) is 1. The maximum Gasteiger partial charge on any atom is 0.236 e. The molecule has 15 nitrogen and oxygen atoms in total. The minimum Gasteiger partial charge on any atom is -0.464 e. The van der Waals surface area contributed by atoms with Crippen molar-refractivity contribution in [2.45, 2.75) is 115 Å². The van der Waals surface area contributed by atoms with Gasteiger partial charge in [0.25, 0.3) is 0 Å². The Morgan fingerprint density at radius 3 is 1.31 bits per heavy atom. The van der Waals surface area contributed by atoms with E-state index in [0.717, 1.165) is 67.2 Å². The van der Waals surface area contributed by atoms with E-state index in [4.69, 9.17) is 8.83 Å². The smallest absolute Gasteiger partial charge is 0.236 e. The van der Waals surface area contributed by atoms with E-state index in [2.05, 4.69) is 76.8 Å². The van der Waals surface area contributed by atoms with Gasteiger partial charge in [-0.05, 0) is 117 Å². The quantitative estimate of drug-likeness (QED) is 0.0569. The van der Waals surface area contributed by atoms with Crippen molar-refractivity contribution in [3.05, 3.63) is 125 Å². The Morgan fingerprint density at radius 1 is 0.486 bits per heavy atom. The van der Waals surface area contributed by atoms with Crippen LogP contribution in [0.15, 0.2) is 88.1 Å². The molecule has 3 amide bonds. The van der Waals surface area contributed by atoms with Gasteiger partial charge in [-0.1, -0.05) is 67.5 Å². The zero-order valence-electron chi connectivity index (χ0n) is 46.5. The fourth-order valence-corrected chi connectivity index (χ4v) is 9.85. The first-order valence-electron chi connectivity index (χ1n) is 26.3. The number of aryl methyl sites for hydroxylation is 7. The van der Waals surface area contributed by atoms with Gasteiger partial charge in [0.2, 0.25) is 17.7 Å². The number of benzene rings is 2. The van der Waals surface area contributed by atoms with Crippen molar-refractivity contribution in [1.29, 1.82) is 0 Å². The molecule has 0 N–H and O–H groups in total. The molecule has 7 rings (SSSR count). The maximum atomic E-state index is 14.6. The van der Waals surface area contributed by atoms with Crippen molar-refractivity contribution < 1.29 is 28.0 Å². The number of ketones is 1. The van der Waals surface area contributed by atoms with Crippen LogP contribution in [0.4, 0.5) is 0 Å². The van der Waals surface area contributed by atoms with Gasteiger partial charge in [0.1, 0.15) is 28.8 Å². The van der Waals surface area contributed by atoms with Crippen LogP contribution in [0.5, 0.6) is 0 Å². The Balaban J connectivity index is 0.000000247. The zero-order chi connectivity index (χ0) is 54.0. The molecule has 2 aromatic carbocycles. The lowest BCUT2D eigenvalue weighted by molar-refractivity contribution is -0.149. The third kappa shape index (κ3) is 15.4. The molecule has 15 heteroatoms. The number of furan rings is 2. The molecule has 5 heterocycles. The average Bonchev–Trinajstić information content (AvgIpc) is 4.17. The van der Waals surface area contributed by atoms with Crippen LogP contribution in [-0.2, 0) is 72.7 Å². The Morgan fingerprint density at radius 2 is 0.878 bits per heavy atom. The fourth-order valence-electron chi connectivity index (χ4n) is 9.85. The Hall–Kier alpha value is -6.77. The molecule has 2 unspecified atom stereocenters. The second-order valence-electron chi connectivity index (χ2n) is 22.0. The van der Waals surface area contributed by atoms with Crippen molar-refractivity contribution in [1.82, 2.24) is 44.0 Å². The third-order valence-electron chi connectivity index (χ3n) is 13.1. The molecule has 0 saturated heterocycles. The summed E-state index contributed by atoms with van der Waals surface area (Å²) >= 11 is 0. The Kier molecular flexibility index (Phi) is 19.4. The number of nitrogens with zero attached hydrogens (tertiary/aromatic N) is 9. The van der Waals surface area contributed by atoms with Crippen molar-refractivity contribution in [3.63, 3.8) is 0 Å². The molecule has 0 saturated carbocycles. The number of amides is 3. The highest BCUT2D eigenvalue weighted by Crippen LogP contribution is 2.25. The van der Waals surface area contributed by atoms with Crippen molar-refractivity contribution in [3.8, 4) is 0 Å². The van der Waals surface area contributed by atoms with E-state index >= 15 is 0 Å². The van der Waals surface area contributed by atoms with Crippen LogP contribution in [-0.4, -0.2) is 93.7 Å². The number of aromatic nitrogens is 6. The molecule has 0 aliphatic heterocycles. The summed E-state index contributed by atoms with van der Waals surface area (Å²) in [4.78, 5) is 61.7. The first-order chi connectivity index (χ1) is 35.0. The normalized spacial score (nSPS) is 12.5. The predicted octanol–water partition coefficient (Wildman–Crippen LogP) is 10.0. The van der Waals surface area contributed by atoms with Gasteiger partial charge in [-0.3, -0.25) is 33.2 Å². The Labute approximate surface area is 438 Å². The molecule has 0 aliphatic rings. The Bertz CT molecular complexity index is 2960. The van der Waals surface area contributed by atoms with Crippen LogP contribution in [0.3, 0.4) is 0 Å². The average molecular weight is 1010 g/mol. The number of carbonyl (C=O) groups excluding carboxylic acids is 4. The van der Waals surface area contributed by atoms with Crippen LogP contribution in [0.2, 0.25) is 0 Å². The monoisotopic (exact) mass is 1010 g/mol. The van der Waals surface area contributed by atoms with Gasteiger partial charge in [0.15, 0.2) is 0 Å². The minimum absolute atomic E-state index is 0.0105. The zero-order valence-corrected chi connectivity index (χ0v) is 46.5. The summed E-state index contributed by atoms with van der Waals surface area (Å²) in [5.74, 6) is -0.747. The molecule has 2 atom stereocenters. The maximum absolute atomic E-state index is 14.6. The van der Waals surface area contributed by atoms with Crippen LogP contribution < -0.4 is 0 Å². The van der Waals surface area contributed by atoms with Crippen LogP contribution >= 0.6 is 0 Å². The summed E-state index contributed by atoms with van der Waals surface area (Å²) < 4.78 is 16.3. The molecule has 0 bridgehead atoms. The van der Waals surface area contributed by atoms with Gasteiger partial charge in [-0.15, -0.1) is 0 Å². The van der Waals surface area contributed by atoms with Crippen LogP contribution in [0, 0.1) is 56.3 Å². The summed E-state index contributed by atoms with van der Waals surface area (Å²) in [6, 6.07) is 21.7. The molecule has 0 spiro atoms. The number of hydrogen-bond donors (Lipinski definition) is 0. The van der Waals surface area contributed by atoms with E-state index in [0.29, 0.717) is 70.4 Å². The van der Waals surface area contributed by atoms with E-state index in [1.165, 1.54) is 0 Å². The molecule has 7 aromatic rings. The molecule has 0 radical (unpaired) electrons. The molecule has 74 heavy (non-hydrogen) atoms. The second-order valence-corrected chi connectivity index (χ2v) is 22.0. The van der Waals surface area contributed by atoms with E-state index < -0.39 is 11.8 Å². The van der Waals surface area contributed by atoms with E-state index in [9.17, 15) is 19.2 Å². The summed E-state index contributed by atoms with van der Waals surface area (Å²) in [7, 11) is 5.62. The highest BCUT2D eigenvalue weighted by atomic mass is 16.3. The number of rotatable bonds is 23. The summed E-state index contributed by atoms with van der Waals surface area (Å²) in [6.07, 6.45) is 4.92. The topological polar surface area (TPSA) is 158 Å². The van der Waals surface area contributed by atoms with Gasteiger partial charge in [0, 0.05) is 95.3 Å². The van der Waals surface area contributed by atoms with Gasteiger partial charge in [-0.2, -0.15) is 15.3 Å². The number of fused-ring (bicyclic) bond motifs is 2. The van der Waals surface area contributed by atoms with Gasteiger partial charge < -0.3 is 23.5 Å². The van der Waals surface area contributed by atoms with Gasteiger partial charge >= 0.3 is 0 Å². The third-order valence-corrected chi connectivity index (χ3v) is 13.1. The lowest BCUT2D eigenvalue weighted by atomic mass is 9.91. The van der Waals surface area contributed by atoms with Gasteiger partial charge in [-0.25, -0.2) is 0 Å². The van der Waals surface area contributed by atoms with Crippen LogP contribution in [0.1, 0.15) is 107 Å². The predicted molar refractivity (Wildman–Crippen MR) is 291 cm³/mol. The second kappa shape index (κ2) is 25.4. The van der Waals surface area contributed by atoms with Crippen LogP contribution in [0.25, 0.3) is 21.9 Å². The minimum atomic E-state index is -0.880. The SMILES string of the molecule is Cc1cc(CC(C(=O)CCc2ccc3occc3c2)C(=O)N(CC(C)C)CC(C)C)n(C)n1.Cc1cc(CC(C(=O)N(Cc2ccc3occc3c2)Cc2cc(C)nn2C)C(=O)N(CC(C)C)CC(C)C)n(C)n1. The van der Waals surface area contributed by atoms with Crippen molar-refractivity contribution in [2.75, 3.05) is 26.2 Å². The highest BCUT2D eigenvalue weighted by molar-refractivity contribution is 6.02. The highest BCUT2D eigenvalue weighted by Gasteiger charge is 2.36. The lowest BCUT2D eigenvalue weighted by Crippen LogP contribution is -2.48. The largest absolute Gasteiger partial charge is 0.464 e.